The molecule has 0 saturated heterocycles. The third kappa shape index (κ3) is 9.76. The van der Waals surface area contributed by atoms with E-state index in [9.17, 15) is 71.7 Å². The van der Waals surface area contributed by atoms with E-state index >= 15 is 0 Å². The van der Waals surface area contributed by atoms with Crippen LogP contribution < -0.4 is 16.0 Å². The molecule has 6 aromatic carbocycles. The quantitative estimate of drug-likeness (QED) is 0.0418. The number of aromatic nitrogens is 2. The number of azo groups is 3. The summed E-state index contributed by atoms with van der Waals surface area (Å²) in [6.07, 6.45) is 0. The average Bonchev–Trinajstić information content (AvgIpc) is 3.59. The predicted molar refractivity (Wildman–Crippen MR) is 241 cm³/mol. The topological polar surface area (TPSA) is 422 Å². The third-order valence-corrected chi connectivity index (χ3v) is 13.7. The lowest BCUT2D eigenvalue weighted by atomic mass is 10.1. The number of ether oxygens (including phenoxy) is 1. The number of benzene rings is 6. The fraction of sp³-hybridized carbons (Fsp3) is 0.0526. The summed E-state index contributed by atoms with van der Waals surface area (Å²) in [5.41, 5.74) is 2.21. The molecule has 0 bridgehead atoms. The van der Waals surface area contributed by atoms with Crippen LogP contribution in [-0.2, 0) is 40.5 Å². The van der Waals surface area contributed by atoms with Crippen molar-refractivity contribution in [2.24, 2.45) is 36.4 Å². The van der Waals surface area contributed by atoms with E-state index in [-0.39, 0.29) is 60.9 Å². The highest BCUT2D eigenvalue weighted by atomic mass is 35.5. The van der Waals surface area contributed by atoms with Gasteiger partial charge in [0.15, 0.2) is 17.1 Å². The summed E-state index contributed by atoms with van der Waals surface area (Å²) < 4.78 is 141. The molecule has 0 atom stereocenters. The Balaban J connectivity index is 1.25. The number of carbonyl (C=O) groups excluding carboxylic acids is 1. The van der Waals surface area contributed by atoms with E-state index < -0.39 is 105 Å². The van der Waals surface area contributed by atoms with Crippen molar-refractivity contribution in [1.82, 2.24) is 9.78 Å². The summed E-state index contributed by atoms with van der Waals surface area (Å²) in [6, 6.07) is 13.2. The number of hydrogen-bond acceptors (Lipinski definition) is 19. The number of nitrogens with two attached hydrogens (primary N) is 1. The molecule has 69 heavy (non-hydrogen) atoms. The summed E-state index contributed by atoms with van der Waals surface area (Å²) in [5, 5.41) is 46.6. The monoisotopic (exact) mass is 1050 g/mol. The van der Waals surface area contributed by atoms with Gasteiger partial charge < -0.3 is 20.7 Å². The van der Waals surface area contributed by atoms with Crippen LogP contribution in [0.4, 0.5) is 34.1 Å². The maximum atomic E-state index is 13.3. The first-order valence-electron chi connectivity index (χ1n) is 18.5. The Morgan fingerprint density at radius 1 is 0.638 bits per heavy atom. The second-order valence-electron chi connectivity index (χ2n) is 14.2. The van der Waals surface area contributed by atoms with Crippen molar-refractivity contribution in [2.45, 2.75) is 26.5 Å². The molecule has 1 aromatic heterocycles. The number of fused-ring (bicyclic) bond motifs is 2. The van der Waals surface area contributed by atoms with Crippen LogP contribution in [0.1, 0.15) is 16.1 Å². The van der Waals surface area contributed by atoms with Crippen LogP contribution in [0, 0.1) is 6.92 Å². The van der Waals surface area contributed by atoms with E-state index in [4.69, 9.17) is 22.1 Å². The third-order valence-electron chi connectivity index (χ3n) is 9.79. The van der Waals surface area contributed by atoms with Gasteiger partial charge in [0, 0.05) is 28.3 Å². The molecular formula is C38H28ClN9O17S4. The molecule has 0 spiro atoms. The lowest BCUT2D eigenvalue weighted by Gasteiger charge is -2.11. The van der Waals surface area contributed by atoms with Gasteiger partial charge in [-0.3, -0.25) is 32.9 Å². The van der Waals surface area contributed by atoms with Gasteiger partial charge in [0.25, 0.3) is 51.9 Å². The number of aromatic hydroxyl groups is 2. The zero-order valence-electron chi connectivity index (χ0n) is 34.4. The summed E-state index contributed by atoms with van der Waals surface area (Å²) in [5.74, 6) is -2.96. The number of phenolic OH excluding ortho intramolecular Hbond substituents is 2. The Labute approximate surface area is 391 Å². The standard InChI is InChI=1S/C38H28ClN9O17S4/c1-16-11-26(28(65-2)15-25(16)43-41-23-9-10-29(68(59,60)61)22-12-19(67(56,57)58)13-27(49)31(22)23)44-45-33-30(69(62,63)64)14-21-20(36(33)50)7-8-24(32(21)39)42-46-35-34(37(40)51)47-48(38(35)52)17-3-5-18(6-4-17)66(53,54)55/h3-15,47,49-50H,1-2H3,(H2,40,51)(H,53,54,55)(H,56,57,58)(H,59,60,61)(H,62,63,64). The largest absolute Gasteiger partial charge is 0.507 e. The first-order chi connectivity index (χ1) is 32.1. The number of nitrogens with one attached hydrogen (secondary N) is 1. The molecular weight excluding hydrogens is 1020 g/mol. The van der Waals surface area contributed by atoms with E-state index in [2.05, 4.69) is 35.8 Å². The molecule has 0 fully saturated rings. The first kappa shape index (κ1) is 49.4. The molecule has 26 nitrogen and oxygen atoms in total. The highest BCUT2D eigenvalue weighted by Gasteiger charge is 2.26. The minimum Gasteiger partial charge on any atom is -0.507 e. The van der Waals surface area contributed by atoms with Gasteiger partial charge in [-0.2, -0.15) is 38.8 Å². The number of aromatic amines is 1. The zero-order valence-corrected chi connectivity index (χ0v) is 38.4. The lowest BCUT2D eigenvalue weighted by Crippen LogP contribution is -2.14. The summed E-state index contributed by atoms with van der Waals surface area (Å²) in [4.78, 5) is 22.4. The number of methoxy groups -OCH3 is 1. The van der Waals surface area contributed by atoms with Crippen LogP contribution >= 0.6 is 11.6 Å². The Morgan fingerprint density at radius 3 is 1.81 bits per heavy atom. The van der Waals surface area contributed by atoms with Gasteiger partial charge in [-0.25, -0.2) is 4.68 Å². The molecule has 358 valence electrons. The molecule has 7 rings (SSSR count). The van der Waals surface area contributed by atoms with Gasteiger partial charge in [-0.05, 0) is 79.2 Å². The minimum absolute atomic E-state index is 0.0128. The van der Waals surface area contributed by atoms with Crippen molar-refractivity contribution in [3.63, 3.8) is 0 Å². The van der Waals surface area contributed by atoms with E-state index in [0.717, 1.165) is 47.1 Å². The molecule has 0 aliphatic rings. The van der Waals surface area contributed by atoms with E-state index in [1.54, 1.807) is 0 Å². The number of amides is 1. The van der Waals surface area contributed by atoms with Crippen molar-refractivity contribution < 1.29 is 71.6 Å². The molecule has 9 N–H and O–H groups in total. The van der Waals surface area contributed by atoms with Crippen molar-refractivity contribution >= 4 is 114 Å². The predicted octanol–water partition coefficient (Wildman–Crippen LogP) is 7.19. The summed E-state index contributed by atoms with van der Waals surface area (Å²) in [6.45, 7) is 1.50. The van der Waals surface area contributed by atoms with Gasteiger partial charge in [-0.1, -0.05) is 11.6 Å². The second-order valence-corrected chi connectivity index (χ2v) is 20.2. The molecule has 0 radical (unpaired) electrons. The van der Waals surface area contributed by atoms with Crippen LogP contribution in [0.2, 0.25) is 5.02 Å². The van der Waals surface area contributed by atoms with Gasteiger partial charge in [0.05, 0.1) is 44.4 Å². The second kappa shape index (κ2) is 17.8. The number of hydrogen-bond donors (Lipinski definition) is 8. The number of rotatable bonds is 13. The molecule has 0 aliphatic carbocycles. The Hall–Kier alpha value is -7.55. The zero-order chi connectivity index (χ0) is 50.7. The summed E-state index contributed by atoms with van der Waals surface area (Å²) in [7, 11) is -18.6. The smallest absolute Gasteiger partial charge is 0.299 e. The van der Waals surface area contributed by atoms with Crippen LogP contribution in [0.25, 0.3) is 27.2 Å². The SMILES string of the molecule is COc1cc(N=Nc2ccc(S(=O)(=O)O)c3cc(S(=O)(=O)O)cc(O)c23)c(C)cc1N=Nc1c(S(=O)(=O)O)cc2c(Cl)c(N=Nc3c(C(N)=O)[nH]n(-c4ccc(S(=O)(=O)O)cc4)c3=O)ccc2c1O. The van der Waals surface area contributed by atoms with E-state index in [1.165, 1.54) is 38.3 Å². The highest BCUT2D eigenvalue weighted by Crippen LogP contribution is 2.47. The Bertz CT molecular complexity index is 3990. The number of aryl methyl sites for hydroxylation is 1. The Morgan fingerprint density at radius 2 is 1.22 bits per heavy atom. The first-order valence-corrected chi connectivity index (χ1v) is 24.6. The normalized spacial score (nSPS) is 12.9. The van der Waals surface area contributed by atoms with Crippen LogP contribution in [0.15, 0.2) is 134 Å². The van der Waals surface area contributed by atoms with Crippen LogP contribution in [0.3, 0.4) is 0 Å². The van der Waals surface area contributed by atoms with Crippen molar-refractivity contribution in [3.8, 4) is 22.9 Å². The number of phenols is 2. The van der Waals surface area contributed by atoms with Crippen LogP contribution in [0.5, 0.6) is 17.2 Å². The minimum atomic E-state index is -5.24. The Kier molecular flexibility index (Phi) is 12.8. The highest BCUT2D eigenvalue weighted by molar-refractivity contribution is 7.86. The van der Waals surface area contributed by atoms with Gasteiger partial charge in [-0.15, -0.1) is 25.6 Å². The number of H-pyrrole nitrogens is 1. The summed E-state index contributed by atoms with van der Waals surface area (Å²) >= 11 is 6.58. The van der Waals surface area contributed by atoms with Crippen molar-refractivity contribution in [3.05, 3.63) is 105 Å². The number of nitrogens with zero attached hydrogens (tertiary/aromatic N) is 7. The van der Waals surface area contributed by atoms with Gasteiger partial charge >= 0.3 is 0 Å². The average molecular weight is 1050 g/mol. The maximum absolute atomic E-state index is 13.3. The molecule has 0 saturated carbocycles. The molecule has 7 aromatic rings. The fourth-order valence-corrected chi connectivity index (χ4v) is 9.15. The van der Waals surface area contributed by atoms with E-state index in [0.29, 0.717) is 12.1 Å². The maximum Gasteiger partial charge on any atom is 0.299 e. The van der Waals surface area contributed by atoms with Crippen molar-refractivity contribution in [2.75, 3.05) is 7.11 Å². The molecule has 0 aliphatic heterocycles. The molecule has 1 amide bonds. The molecule has 31 heteroatoms. The number of halogens is 1. The number of primary amides is 1. The lowest BCUT2D eigenvalue weighted by molar-refractivity contribution is 0.0995. The van der Waals surface area contributed by atoms with Crippen molar-refractivity contribution in [1.29, 1.82) is 0 Å². The molecule has 1 heterocycles. The van der Waals surface area contributed by atoms with Gasteiger partial charge in [0.2, 0.25) is 0 Å². The molecule has 0 unspecified atom stereocenters. The fourth-order valence-electron chi connectivity index (χ4n) is 6.56. The van der Waals surface area contributed by atoms with Crippen LogP contribution in [-0.4, -0.2) is 84.9 Å². The van der Waals surface area contributed by atoms with E-state index in [1.807, 2.05) is 0 Å². The van der Waals surface area contributed by atoms with Gasteiger partial charge in [0.1, 0.15) is 38.4 Å². The number of carbonyl (C=O) groups is 1.